The van der Waals surface area contributed by atoms with Gasteiger partial charge in [0, 0.05) is 38.9 Å². The number of amides is 1. The van der Waals surface area contributed by atoms with E-state index in [0.29, 0.717) is 13.1 Å². The first-order chi connectivity index (χ1) is 9.38. The van der Waals surface area contributed by atoms with Gasteiger partial charge < -0.3 is 14.8 Å². The van der Waals surface area contributed by atoms with Crippen LogP contribution in [0.15, 0.2) is 17.6 Å². The molecule has 0 radical (unpaired) electrons. The van der Waals surface area contributed by atoms with Crippen LogP contribution < -0.4 is 10.0 Å². The van der Waals surface area contributed by atoms with E-state index < -0.39 is 10.0 Å². The summed E-state index contributed by atoms with van der Waals surface area (Å²) in [6, 6.07) is 0.222. The maximum atomic E-state index is 12.0. The first kappa shape index (κ1) is 14.9. The van der Waals surface area contributed by atoms with Crippen LogP contribution in [0.1, 0.15) is 6.92 Å². The summed E-state index contributed by atoms with van der Waals surface area (Å²) < 4.78 is 27.7. The largest absolute Gasteiger partial charge is 0.339 e. The number of sulfonamides is 1. The molecule has 0 bridgehead atoms. The molecule has 0 aliphatic carbocycles. The highest BCUT2D eigenvalue weighted by Gasteiger charge is 2.23. The van der Waals surface area contributed by atoms with Gasteiger partial charge in [-0.05, 0) is 6.92 Å². The third-order valence-corrected chi connectivity index (χ3v) is 4.38. The van der Waals surface area contributed by atoms with E-state index in [4.69, 9.17) is 0 Å². The van der Waals surface area contributed by atoms with Crippen molar-refractivity contribution in [2.45, 2.75) is 18.0 Å². The number of rotatable bonds is 4. The van der Waals surface area contributed by atoms with Crippen LogP contribution >= 0.6 is 0 Å². The van der Waals surface area contributed by atoms with Gasteiger partial charge in [0.05, 0.1) is 12.9 Å². The minimum Gasteiger partial charge on any atom is -0.339 e. The second-order valence-electron chi connectivity index (χ2n) is 4.90. The predicted octanol–water partition coefficient (Wildman–Crippen LogP) is -1.48. The number of nitrogens with one attached hydrogen (secondary N) is 2. The molecule has 0 aromatic carbocycles. The zero-order chi connectivity index (χ0) is 14.8. The molecule has 2 heterocycles. The lowest BCUT2D eigenvalue weighted by molar-refractivity contribution is -0.131. The average molecular weight is 301 g/mol. The van der Waals surface area contributed by atoms with Crippen molar-refractivity contribution >= 4 is 15.9 Å². The third kappa shape index (κ3) is 3.56. The number of aryl methyl sites for hydroxylation is 1. The standard InChI is InChI=1S/C11H19N5O3S/c1-9-6-16(4-3-12-9)11(17)5-14-20(18,19)10-7-15(2)8-13-10/h7-9,12,14H,3-6H2,1-2H3. The Balaban J connectivity index is 1.92. The maximum Gasteiger partial charge on any atom is 0.260 e. The topological polar surface area (TPSA) is 96.3 Å². The number of aromatic nitrogens is 2. The van der Waals surface area contributed by atoms with Gasteiger partial charge >= 0.3 is 0 Å². The molecular weight excluding hydrogens is 282 g/mol. The van der Waals surface area contributed by atoms with Crippen LogP contribution in [-0.4, -0.2) is 61.0 Å². The molecule has 1 atom stereocenters. The molecule has 2 N–H and O–H groups in total. The van der Waals surface area contributed by atoms with E-state index in [0.717, 1.165) is 6.54 Å². The Hall–Kier alpha value is -1.45. The normalized spacial score (nSPS) is 20.1. The maximum absolute atomic E-state index is 12.0. The third-order valence-electron chi connectivity index (χ3n) is 3.09. The van der Waals surface area contributed by atoms with Crippen molar-refractivity contribution in [1.82, 2.24) is 24.5 Å². The zero-order valence-electron chi connectivity index (χ0n) is 11.5. The van der Waals surface area contributed by atoms with Crippen LogP contribution in [0.3, 0.4) is 0 Å². The van der Waals surface area contributed by atoms with Crippen LogP contribution in [0.2, 0.25) is 0 Å². The molecule has 0 spiro atoms. The molecule has 1 unspecified atom stereocenters. The Bertz CT molecular complexity index is 583. The molecule has 9 heteroatoms. The molecule has 1 fully saturated rings. The van der Waals surface area contributed by atoms with Crippen LogP contribution in [0.25, 0.3) is 0 Å². The molecule has 2 rings (SSSR count). The lowest BCUT2D eigenvalue weighted by Crippen LogP contribution is -2.53. The summed E-state index contributed by atoms with van der Waals surface area (Å²) in [5.74, 6) is -0.224. The molecule has 20 heavy (non-hydrogen) atoms. The lowest BCUT2D eigenvalue weighted by atomic mass is 10.2. The fourth-order valence-electron chi connectivity index (χ4n) is 2.03. The van der Waals surface area contributed by atoms with Crippen molar-refractivity contribution < 1.29 is 13.2 Å². The number of hydrogen-bond donors (Lipinski definition) is 2. The Morgan fingerprint density at radius 1 is 1.60 bits per heavy atom. The second kappa shape index (κ2) is 5.90. The summed E-state index contributed by atoms with van der Waals surface area (Å²) in [5, 5.41) is 3.14. The minimum atomic E-state index is -3.73. The Morgan fingerprint density at radius 2 is 2.35 bits per heavy atom. The van der Waals surface area contributed by atoms with Gasteiger partial charge in [-0.25, -0.2) is 18.1 Å². The summed E-state index contributed by atoms with van der Waals surface area (Å²) in [6.45, 7) is 3.64. The highest BCUT2D eigenvalue weighted by Crippen LogP contribution is 2.04. The van der Waals surface area contributed by atoms with Gasteiger partial charge in [0.1, 0.15) is 0 Å². The van der Waals surface area contributed by atoms with Crippen molar-refractivity contribution in [2.24, 2.45) is 7.05 Å². The summed E-state index contributed by atoms with van der Waals surface area (Å²) in [7, 11) is -2.05. The van der Waals surface area contributed by atoms with Crippen LogP contribution in [-0.2, 0) is 21.9 Å². The first-order valence-corrected chi connectivity index (χ1v) is 7.85. The molecule has 1 aliphatic heterocycles. The van der Waals surface area contributed by atoms with Gasteiger partial charge in [-0.1, -0.05) is 0 Å². The van der Waals surface area contributed by atoms with Gasteiger partial charge in [0.25, 0.3) is 10.0 Å². The van der Waals surface area contributed by atoms with E-state index >= 15 is 0 Å². The van der Waals surface area contributed by atoms with Crippen molar-refractivity contribution in [3.05, 3.63) is 12.5 Å². The SMILES string of the molecule is CC1CN(C(=O)CNS(=O)(=O)c2cn(C)cn2)CCN1. The Labute approximate surface area is 118 Å². The van der Waals surface area contributed by atoms with Gasteiger partial charge in [-0.15, -0.1) is 0 Å². The van der Waals surface area contributed by atoms with E-state index in [1.165, 1.54) is 17.1 Å². The van der Waals surface area contributed by atoms with Gasteiger partial charge in [0.15, 0.2) is 5.03 Å². The molecule has 1 saturated heterocycles. The fraction of sp³-hybridized carbons (Fsp3) is 0.636. The molecule has 0 saturated carbocycles. The average Bonchev–Trinajstić information content (AvgIpc) is 2.83. The number of carbonyl (C=O) groups is 1. The first-order valence-electron chi connectivity index (χ1n) is 6.37. The molecule has 1 amide bonds. The van der Waals surface area contributed by atoms with Crippen LogP contribution in [0.5, 0.6) is 0 Å². The Morgan fingerprint density at radius 3 is 2.95 bits per heavy atom. The van der Waals surface area contributed by atoms with Crippen molar-refractivity contribution in [1.29, 1.82) is 0 Å². The number of hydrogen-bond acceptors (Lipinski definition) is 5. The van der Waals surface area contributed by atoms with Crippen molar-refractivity contribution in [2.75, 3.05) is 26.2 Å². The fourth-order valence-corrected chi connectivity index (χ4v) is 2.98. The monoisotopic (exact) mass is 301 g/mol. The molecule has 1 aliphatic rings. The van der Waals surface area contributed by atoms with E-state index in [-0.39, 0.29) is 23.5 Å². The second-order valence-corrected chi connectivity index (χ2v) is 6.61. The van der Waals surface area contributed by atoms with Crippen LogP contribution in [0, 0.1) is 0 Å². The summed E-state index contributed by atoms with van der Waals surface area (Å²) in [4.78, 5) is 17.4. The highest BCUT2D eigenvalue weighted by atomic mass is 32.2. The summed E-state index contributed by atoms with van der Waals surface area (Å²) in [6.07, 6.45) is 2.79. The van der Waals surface area contributed by atoms with Gasteiger partial charge in [-0.2, -0.15) is 0 Å². The molecular formula is C11H19N5O3S. The highest BCUT2D eigenvalue weighted by molar-refractivity contribution is 7.89. The van der Waals surface area contributed by atoms with E-state index in [1.807, 2.05) is 6.92 Å². The van der Waals surface area contributed by atoms with Gasteiger partial charge in [-0.3, -0.25) is 4.79 Å². The smallest absolute Gasteiger partial charge is 0.260 e. The molecule has 1 aromatic rings. The van der Waals surface area contributed by atoms with Crippen molar-refractivity contribution in [3.63, 3.8) is 0 Å². The molecule has 1 aromatic heterocycles. The quantitative estimate of drug-likeness (QED) is 0.707. The van der Waals surface area contributed by atoms with E-state index in [9.17, 15) is 13.2 Å². The van der Waals surface area contributed by atoms with Crippen molar-refractivity contribution in [3.8, 4) is 0 Å². The zero-order valence-corrected chi connectivity index (χ0v) is 12.4. The Kier molecular flexibility index (Phi) is 4.41. The molecule has 112 valence electrons. The van der Waals surface area contributed by atoms with Crippen LogP contribution in [0.4, 0.5) is 0 Å². The predicted molar refractivity (Wildman–Crippen MR) is 72.4 cm³/mol. The van der Waals surface area contributed by atoms with E-state index in [1.54, 1.807) is 11.9 Å². The summed E-state index contributed by atoms with van der Waals surface area (Å²) >= 11 is 0. The minimum absolute atomic E-state index is 0.0820. The number of imidazole rings is 1. The number of piperazine rings is 1. The lowest BCUT2D eigenvalue weighted by Gasteiger charge is -2.31. The summed E-state index contributed by atoms with van der Waals surface area (Å²) in [5.41, 5.74) is 0. The molecule has 8 nitrogen and oxygen atoms in total. The number of nitrogens with zero attached hydrogens (tertiary/aromatic N) is 3. The van der Waals surface area contributed by atoms with Gasteiger partial charge in [0.2, 0.25) is 5.91 Å². The van der Waals surface area contributed by atoms with E-state index in [2.05, 4.69) is 15.0 Å². The number of carbonyl (C=O) groups excluding carboxylic acids is 1.